The number of thiophene rings is 1. The van der Waals surface area contributed by atoms with Gasteiger partial charge in [-0.1, -0.05) is 29.0 Å². The molecule has 0 saturated carbocycles. The van der Waals surface area contributed by atoms with Gasteiger partial charge in [-0.2, -0.15) is 0 Å². The molecule has 10 heteroatoms. The molecule has 1 saturated heterocycles. The van der Waals surface area contributed by atoms with Crippen molar-refractivity contribution in [2.24, 2.45) is 0 Å². The summed E-state index contributed by atoms with van der Waals surface area (Å²) in [4.78, 5) is 37.0. The van der Waals surface area contributed by atoms with Crippen LogP contribution in [0.5, 0.6) is 5.06 Å². The van der Waals surface area contributed by atoms with E-state index in [1.165, 1.54) is 17.7 Å². The number of amides is 2. The van der Waals surface area contributed by atoms with Crippen LogP contribution in [-0.2, 0) is 16.1 Å². The highest BCUT2D eigenvalue weighted by Crippen LogP contribution is 2.28. The van der Waals surface area contributed by atoms with Gasteiger partial charge in [-0.25, -0.2) is 9.97 Å². The smallest absolute Gasteiger partial charge is 0.261 e. The molecule has 2 N–H and O–H groups in total. The number of anilines is 1. The van der Waals surface area contributed by atoms with Crippen molar-refractivity contribution >= 4 is 51.5 Å². The fraction of sp³-hybridized carbons (Fsp3) is 0.300. The lowest BCUT2D eigenvalue weighted by atomic mass is 10.1. The molecular weight excluding hydrogens is 426 g/mol. The van der Waals surface area contributed by atoms with Crippen LogP contribution in [0.4, 0.5) is 5.82 Å². The van der Waals surface area contributed by atoms with Crippen molar-refractivity contribution in [2.75, 3.05) is 25.4 Å². The second-order valence-corrected chi connectivity index (χ2v) is 8.66. The molecule has 1 fully saturated rings. The molecule has 2 aromatic heterocycles. The zero-order chi connectivity index (χ0) is 21.3. The van der Waals surface area contributed by atoms with Crippen LogP contribution in [0.25, 0.3) is 10.9 Å². The summed E-state index contributed by atoms with van der Waals surface area (Å²) in [5.74, 6) is 0.101. The summed E-state index contributed by atoms with van der Waals surface area (Å²) in [6.07, 6.45) is 1.42. The second kappa shape index (κ2) is 8.45. The minimum Gasteiger partial charge on any atom is -0.474 e. The Labute approximate surface area is 182 Å². The average molecular weight is 446 g/mol. The Balaban J connectivity index is 1.39. The van der Waals surface area contributed by atoms with Crippen molar-refractivity contribution < 1.29 is 14.3 Å². The maximum atomic E-state index is 12.9. The van der Waals surface area contributed by atoms with Gasteiger partial charge in [0.25, 0.3) is 5.91 Å². The van der Waals surface area contributed by atoms with E-state index in [4.69, 9.17) is 22.1 Å². The molecule has 0 bridgehead atoms. The first kappa shape index (κ1) is 20.4. The Kier molecular flexibility index (Phi) is 5.74. The van der Waals surface area contributed by atoms with E-state index in [9.17, 15) is 9.59 Å². The first-order valence-corrected chi connectivity index (χ1v) is 10.6. The second-order valence-electron chi connectivity index (χ2n) is 6.98. The van der Waals surface area contributed by atoms with Gasteiger partial charge in [0.05, 0.1) is 9.85 Å². The SMILES string of the molecule is CC1C(=O)N(Cc2ccc3c(N)ncnc3c2)CCN1C(=O)COc1ccc(Cl)s1. The lowest BCUT2D eigenvalue weighted by Crippen LogP contribution is -2.58. The molecule has 30 heavy (non-hydrogen) atoms. The van der Waals surface area contributed by atoms with E-state index in [0.29, 0.717) is 34.9 Å². The molecule has 1 aromatic carbocycles. The van der Waals surface area contributed by atoms with Crippen LogP contribution in [0.3, 0.4) is 0 Å². The molecule has 3 heterocycles. The van der Waals surface area contributed by atoms with Crippen LogP contribution in [-0.4, -0.2) is 57.3 Å². The van der Waals surface area contributed by atoms with E-state index in [-0.39, 0.29) is 18.4 Å². The molecule has 4 rings (SSSR count). The van der Waals surface area contributed by atoms with Crippen LogP contribution < -0.4 is 10.5 Å². The van der Waals surface area contributed by atoms with Crippen LogP contribution in [0, 0.1) is 0 Å². The number of carbonyl (C=O) groups is 2. The number of nitrogen functional groups attached to an aromatic ring is 1. The number of benzene rings is 1. The van der Waals surface area contributed by atoms with E-state index < -0.39 is 6.04 Å². The molecular formula is C20H20ClN5O3S. The van der Waals surface area contributed by atoms with Gasteiger partial charge in [-0.05, 0) is 36.8 Å². The summed E-state index contributed by atoms with van der Waals surface area (Å²) in [6.45, 7) is 2.95. The maximum absolute atomic E-state index is 12.9. The lowest BCUT2D eigenvalue weighted by molar-refractivity contribution is -0.152. The predicted octanol–water partition coefficient (Wildman–Crippen LogP) is 2.57. The van der Waals surface area contributed by atoms with Crippen molar-refractivity contribution in [2.45, 2.75) is 19.5 Å². The highest BCUT2D eigenvalue weighted by Gasteiger charge is 2.34. The number of aromatic nitrogens is 2. The Hall–Kier alpha value is -2.91. The van der Waals surface area contributed by atoms with Gasteiger partial charge in [-0.15, -0.1) is 0 Å². The van der Waals surface area contributed by atoms with Crippen LogP contribution >= 0.6 is 22.9 Å². The van der Waals surface area contributed by atoms with Crippen molar-refractivity contribution in [3.05, 3.63) is 46.6 Å². The number of hydrogen-bond donors (Lipinski definition) is 1. The van der Waals surface area contributed by atoms with Crippen LogP contribution in [0.2, 0.25) is 4.34 Å². The number of fused-ring (bicyclic) bond motifs is 1. The van der Waals surface area contributed by atoms with E-state index in [0.717, 1.165) is 16.5 Å². The third-order valence-electron chi connectivity index (χ3n) is 5.06. The fourth-order valence-corrected chi connectivity index (χ4v) is 4.33. The van der Waals surface area contributed by atoms with Gasteiger partial charge in [0.1, 0.15) is 18.2 Å². The summed E-state index contributed by atoms with van der Waals surface area (Å²) in [7, 11) is 0. The van der Waals surface area contributed by atoms with Gasteiger partial charge in [0, 0.05) is 25.0 Å². The highest BCUT2D eigenvalue weighted by molar-refractivity contribution is 7.17. The number of halogens is 1. The Morgan fingerprint density at radius 3 is 2.90 bits per heavy atom. The molecule has 1 aliphatic heterocycles. The van der Waals surface area contributed by atoms with E-state index >= 15 is 0 Å². The largest absolute Gasteiger partial charge is 0.474 e. The van der Waals surface area contributed by atoms with E-state index in [1.54, 1.807) is 28.9 Å². The first-order chi connectivity index (χ1) is 14.4. The summed E-state index contributed by atoms with van der Waals surface area (Å²) < 4.78 is 6.09. The predicted molar refractivity (Wildman–Crippen MR) is 115 cm³/mol. The summed E-state index contributed by atoms with van der Waals surface area (Å²) in [6, 6.07) is 8.56. The molecule has 1 atom stereocenters. The first-order valence-electron chi connectivity index (χ1n) is 9.38. The monoisotopic (exact) mass is 445 g/mol. The van der Waals surface area contributed by atoms with Crippen molar-refractivity contribution in [3.8, 4) is 5.06 Å². The quantitative estimate of drug-likeness (QED) is 0.647. The van der Waals surface area contributed by atoms with E-state index in [1.807, 2.05) is 18.2 Å². The van der Waals surface area contributed by atoms with Crippen LogP contribution in [0.1, 0.15) is 12.5 Å². The molecule has 0 aliphatic carbocycles. The Morgan fingerprint density at radius 2 is 2.13 bits per heavy atom. The van der Waals surface area contributed by atoms with Gasteiger partial charge >= 0.3 is 0 Å². The molecule has 0 spiro atoms. The fourth-order valence-electron chi connectivity index (χ4n) is 3.46. The van der Waals surface area contributed by atoms with Crippen molar-refractivity contribution in [1.82, 2.24) is 19.8 Å². The van der Waals surface area contributed by atoms with Gasteiger partial charge in [0.15, 0.2) is 11.7 Å². The Bertz CT molecular complexity index is 1100. The molecule has 1 unspecified atom stereocenters. The molecule has 3 aromatic rings. The normalized spacial score (nSPS) is 16.9. The number of nitrogens with zero attached hydrogens (tertiary/aromatic N) is 4. The third kappa shape index (κ3) is 4.17. The minimum absolute atomic E-state index is 0.101. The Morgan fingerprint density at radius 1 is 1.30 bits per heavy atom. The summed E-state index contributed by atoms with van der Waals surface area (Å²) >= 11 is 7.13. The zero-order valence-electron chi connectivity index (χ0n) is 16.2. The third-order valence-corrected chi connectivity index (χ3v) is 6.20. The summed E-state index contributed by atoms with van der Waals surface area (Å²) in [5.41, 5.74) is 7.55. The topological polar surface area (TPSA) is 102 Å². The van der Waals surface area contributed by atoms with Crippen molar-refractivity contribution in [1.29, 1.82) is 0 Å². The minimum atomic E-state index is -0.555. The van der Waals surface area contributed by atoms with E-state index in [2.05, 4.69) is 9.97 Å². The number of rotatable bonds is 5. The van der Waals surface area contributed by atoms with Crippen LogP contribution in [0.15, 0.2) is 36.7 Å². The number of nitrogens with two attached hydrogens (primary N) is 1. The maximum Gasteiger partial charge on any atom is 0.261 e. The lowest BCUT2D eigenvalue weighted by Gasteiger charge is -2.39. The molecule has 156 valence electrons. The highest BCUT2D eigenvalue weighted by atomic mass is 35.5. The average Bonchev–Trinajstić information content (AvgIpc) is 3.15. The molecule has 1 aliphatic rings. The van der Waals surface area contributed by atoms with Gasteiger partial charge in [0.2, 0.25) is 5.91 Å². The van der Waals surface area contributed by atoms with Gasteiger partial charge < -0.3 is 20.3 Å². The molecule has 2 amide bonds. The molecule has 8 nitrogen and oxygen atoms in total. The van der Waals surface area contributed by atoms with Crippen molar-refractivity contribution in [3.63, 3.8) is 0 Å². The number of carbonyl (C=O) groups excluding carboxylic acids is 2. The number of ether oxygens (including phenoxy) is 1. The number of hydrogen-bond acceptors (Lipinski definition) is 7. The van der Waals surface area contributed by atoms with Gasteiger partial charge in [-0.3, -0.25) is 9.59 Å². The molecule has 0 radical (unpaired) electrons. The standard InChI is InChI=1S/C20H20ClN5O3S/c1-12-20(28)25(9-13-2-3-14-15(8-13)23-11-24-19(14)22)6-7-26(12)17(27)10-29-18-5-4-16(21)30-18/h2-5,8,11-12H,6-7,9-10H2,1H3,(H2,22,23,24). The number of piperazine rings is 1. The zero-order valence-corrected chi connectivity index (χ0v) is 17.8. The summed E-state index contributed by atoms with van der Waals surface area (Å²) in [5, 5.41) is 1.36.